The maximum atomic E-state index is 11.0. The summed E-state index contributed by atoms with van der Waals surface area (Å²) < 4.78 is 11.1. The molecular formula is C15H16O3. The van der Waals surface area contributed by atoms with Crippen LogP contribution in [0.2, 0.25) is 0 Å². The van der Waals surface area contributed by atoms with Crippen molar-refractivity contribution in [2.45, 2.75) is 38.6 Å². The van der Waals surface area contributed by atoms with E-state index in [1.54, 1.807) is 0 Å². The Balaban J connectivity index is 1.95. The van der Waals surface area contributed by atoms with Crippen LogP contribution in [0.4, 0.5) is 0 Å². The maximum absolute atomic E-state index is 11.0. The highest BCUT2D eigenvalue weighted by atomic mass is 16.5. The number of esters is 1. The Kier molecular flexibility index (Phi) is 2.92. The van der Waals surface area contributed by atoms with Crippen LogP contribution in [0.3, 0.4) is 0 Å². The number of hydrogen-bond acceptors (Lipinski definition) is 3. The second-order valence-corrected chi connectivity index (χ2v) is 4.80. The van der Waals surface area contributed by atoms with Crippen molar-refractivity contribution < 1.29 is 14.3 Å². The first-order valence-electron chi connectivity index (χ1n) is 6.33. The van der Waals surface area contributed by atoms with Crippen LogP contribution in [-0.4, -0.2) is 18.2 Å². The molecule has 0 saturated carbocycles. The van der Waals surface area contributed by atoms with Gasteiger partial charge in [0.05, 0.1) is 12.7 Å². The molecule has 94 valence electrons. The molecule has 1 aromatic rings. The number of benzene rings is 1. The van der Waals surface area contributed by atoms with Gasteiger partial charge in [-0.3, -0.25) is 4.79 Å². The van der Waals surface area contributed by atoms with Crippen molar-refractivity contribution in [3.05, 3.63) is 41.5 Å². The predicted molar refractivity (Wildman–Crippen MR) is 67.8 cm³/mol. The Morgan fingerprint density at radius 3 is 3.00 bits per heavy atom. The quantitative estimate of drug-likeness (QED) is 0.712. The van der Waals surface area contributed by atoms with Crippen molar-refractivity contribution in [3.8, 4) is 0 Å². The molecule has 0 radical (unpaired) electrons. The fraction of sp³-hybridized carbons (Fsp3) is 0.400. The third-order valence-corrected chi connectivity index (χ3v) is 3.51. The van der Waals surface area contributed by atoms with Gasteiger partial charge in [0, 0.05) is 6.92 Å². The fourth-order valence-corrected chi connectivity index (χ4v) is 2.72. The van der Waals surface area contributed by atoms with Gasteiger partial charge in [-0.25, -0.2) is 0 Å². The molecule has 3 rings (SSSR count). The van der Waals surface area contributed by atoms with Crippen LogP contribution in [0.25, 0.3) is 5.57 Å². The number of fused-ring (bicyclic) bond motifs is 3. The fourth-order valence-electron chi connectivity index (χ4n) is 2.72. The summed E-state index contributed by atoms with van der Waals surface area (Å²) in [5, 5.41) is 0. The number of ether oxygens (including phenoxy) is 2. The van der Waals surface area contributed by atoms with Crippen molar-refractivity contribution >= 4 is 11.5 Å². The van der Waals surface area contributed by atoms with Crippen LogP contribution in [0.15, 0.2) is 30.3 Å². The number of hydrogen-bond donors (Lipinski definition) is 0. The van der Waals surface area contributed by atoms with E-state index in [2.05, 4.69) is 12.1 Å². The van der Waals surface area contributed by atoms with E-state index in [1.807, 2.05) is 18.2 Å². The molecule has 3 heteroatoms. The van der Waals surface area contributed by atoms with Crippen molar-refractivity contribution in [1.29, 1.82) is 0 Å². The Morgan fingerprint density at radius 1 is 1.33 bits per heavy atom. The van der Waals surface area contributed by atoms with Gasteiger partial charge < -0.3 is 9.47 Å². The Bertz CT molecular complexity index is 504. The van der Waals surface area contributed by atoms with Gasteiger partial charge in [-0.1, -0.05) is 24.3 Å². The van der Waals surface area contributed by atoms with Gasteiger partial charge in [-0.2, -0.15) is 0 Å². The molecule has 0 unspecified atom stereocenters. The summed E-state index contributed by atoms with van der Waals surface area (Å²) >= 11 is 0. The van der Waals surface area contributed by atoms with E-state index in [4.69, 9.17) is 9.47 Å². The van der Waals surface area contributed by atoms with Crippen LogP contribution < -0.4 is 0 Å². The molecule has 0 spiro atoms. The molecule has 18 heavy (non-hydrogen) atoms. The first-order chi connectivity index (χ1) is 8.74. The smallest absolute Gasteiger partial charge is 0.303 e. The zero-order chi connectivity index (χ0) is 12.5. The lowest BCUT2D eigenvalue weighted by Crippen LogP contribution is -2.29. The van der Waals surface area contributed by atoms with E-state index < -0.39 is 0 Å². The van der Waals surface area contributed by atoms with Crippen LogP contribution in [0.1, 0.15) is 30.9 Å². The molecule has 2 aliphatic rings. The summed E-state index contributed by atoms with van der Waals surface area (Å²) in [6.45, 7) is 2.13. The summed E-state index contributed by atoms with van der Waals surface area (Å²) in [5.74, 6) is -0.222. The van der Waals surface area contributed by atoms with Gasteiger partial charge in [0.25, 0.3) is 0 Å². The van der Waals surface area contributed by atoms with Crippen LogP contribution in [-0.2, 0) is 20.9 Å². The second-order valence-electron chi connectivity index (χ2n) is 4.80. The van der Waals surface area contributed by atoms with Gasteiger partial charge in [0.2, 0.25) is 0 Å². The maximum Gasteiger partial charge on any atom is 0.303 e. The van der Waals surface area contributed by atoms with Crippen LogP contribution in [0, 0.1) is 0 Å². The summed E-state index contributed by atoms with van der Waals surface area (Å²) in [6, 6.07) is 8.27. The molecular weight excluding hydrogens is 228 g/mol. The first kappa shape index (κ1) is 11.5. The van der Waals surface area contributed by atoms with Crippen molar-refractivity contribution in [3.63, 3.8) is 0 Å². The first-order valence-corrected chi connectivity index (χ1v) is 6.33. The minimum absolute atomic E-state index is 0.108. The van der Waals surface area contributed by atoms with Crippen LogP contribution >= 0.6 is 0 Å². The zero-order valence-electron chi connectivity index (χ0n) is 10.4. The highest BCUT2D eigenvalue weighted by molar-refractivity contribution is 5.74. The summed E-state index contributed by atoms with van der Waals surface area (Å²) in [4.78, 5) is 11.0. The number of carbonyl (C=O) groups excluding carboxylic acids is 1. The molecule has 0 bridgehead atoms. The van der Waals surface area contributed by atoms with Crippen molar-refractivity contribution in [1.82, 2.24) is 0 Å². The Labute approximate surface area is 106 Å². The average molecular weight is 244 g/mol. The van der Waals surface area contributed by atoms with E-state index in [0.29, 0.717) is 6.61 Å². The highest BCUT2D eigenvalue weighted by Gasteiger charge is 2.30. The molecule has 0 amide bonds. The molecule has 0 N–H and O–H groups in total. The normalized spacial score (nSPS) is 25.7. The van der Waals surface area contributed by atoms with E-state index in [9.17, 15) is 4.79 Å². The molecule has 2 atom stereocenters. The summed E-state index contributed by atoms with van der Waals surface area (Å²) in [7, 11) is 0. The minimum Gasteiger partial charge on any atom is -0.458 e. The molecule has 0 fully saturated rings. The predicted octanol–water partition coefficient (Wildman–Crippen LogP) is 2.69. The SMILES string of the molecule is CC(=O)O[C@@H]1C=C2c3ccccc3CO[C@H]2CC1. The van der Waals surface area contributed by atoms with E-state index in [-0.39, 0.29) is 18.2 Å². The largest absolute Gasteiger partial charge is 0.458 e. The van der Waals surface area contributed by atoms with Gasteiger partial charge in [-0.15, -0.1) is 0 Å². The van der Waals surface area contributed by atoms with Gasteiger partial charge in [0.1, 0.15) is 6.10 Å². The minimum atomic E-state index is -0.222. The van der Waals surface area contributed by atoms with E-state index in [1.165, 1.54) is 23.6 Å². The van der Waals surface area contributed by atoms with E-state index >= 15 is 0 Å². The van der Waals surface area contributed by atoms with Gasteiger partial charge >= 0.3 is 5.97 Å². The molecule has 1 aliphatic heterocycles. The Morgan fingerprint density at radius 2 is 2.17 bits per heavy atom. The lowest BCUT2D eigenvalue weighted by molar-refractivity contribution is -0.144. The topological polar surface area (TPSA) is 35.5 Å². The van der Waals surface area contributed by atoms with Gasteiger partial charge in [-0.05, 0) is 35.6 Å². The molecule has 0 aromatic heterocycles. The van der Waals surface area contributed by atoms with E-state index in [0.717, 1.165) is 12.8 Å². The molecule has 1 aromatic carbocycles. The monoisotopic (exact) mass is 244 g/mol. The summed E-state index contributed by atoms with van der Waals surface area (Å²) in [6.07, 6.45) is 3.86. The lowest BCUT2D eigenvalue weighted by Gasteiger charge is -2.33. The standard InChI is InChI=1S/C15H16O3/c1-10(16)18-12-6-7-15-14(8-12)13-5-3-2-4-11(13)9-17-15/h2-5,8,12,15H,6-7,9H2,1H3/t12-,15-/m0/s1. The molecule has 1 heterocycles. The lowest BCUT2D eigenvalue weighted by atomic mass is 9.85. The Hall–Kier alpha value is -1.61. The number of rotatable bonds is 1. The van der Waals surface area contributed by atoms with Crippen molar-refractivity contribution in [2.75, 3.05) is 0 Å². The highest BCUT2D eigenvalue weighted by Crippen LogP contribution is 2.36. The van der Waals surface area contributed by atoms with Crippen molar-refractivity contribution in [2.24, 2.45) is 0 Å². The van der Waals surface area contributed by atoms with Crippen LogP contribution in [0.5, 0.6) is 0 Å². The number of carbonyl (C=O) groups is 1. The molecule has 3 nitrogen and oxygen atoms in total. The summed E-state index contributed by atoms with van der Waals surface area (Å²) in [5.41, 5.74) is 3.63. The average Bonchev–Trinajstić information content (AvgIpc) is 2.38. The van der Waals surface area contributed by atoms with Gasteiger partial charge in [0.15, 0.2) is 0 Å². The second kappa shape index (κ2) is 4.58. The zero-order valence-corrected chi connectivity index (χ0v) is 10.4. The third-order valence-electron chi connectivity index (χ3n) is 3.51. The third kappa shape index (κ3) is 2.06. The molecule has 1 aliphatic carbocycles. The molecule has 0 saturated heterocycles.